The molecule has 4 nitrogen and oxygen atoms in total. The molecule has 0 saturated carbocycles. The van der Waals surface area contributed by atoms with Gasteiger partial charge in [-0.05, 0) is 32.9 Å². The lowest BCUT2D eigenvalue weighted by Crippen LogP contribution is -2.64. The minimum atomic E-state index is -3.37. The van der Waals surface area contributed by atoms with Crippen LogP contribution in [0.25, 0.3) is 0 Å². The summed E-state index contributed by atoms with van der Waals surface area (Å²) in [6.07, 6.45) is 0. The second kappa shape index (κ2) is 4.64. The van der Waals surface area contributed by atoms with Crippen LogP contribution in [0.1, 0.15) is 20.8 Å². The molecule has 1 aliphatic rings. The van der Waals surface area contributed by atoms with Crippen molar-refractivity contribution in [3.63, 3.8) is 0 Å². The van der Waals surface area contributed by atoms with Crippen LogP contribution in [0.3, 0.4) is 0 Å². The monoisotopic (exact) mass is 268 g/mol. The van der Waals surface area contributed by atoms with E-state index in [1.165, 1.54) is 0 Å². The number of hydrogen-bond acceptors (Lipinski definition) is 3. The zero-order valence-electron chi connectivity index (χ0n) is 11.1. The van der Waals surface area contributed by atoms with Crippen molar-refractivity contribution in [1.82, 2.24) is 9.62 Å². The Kier molecular flexibility index (Phi) is 3.49. The average molecular weight is 268 g/mol. The molecular weight excluding hydrogens is 248 g/mol. The lowest BCUT2D eigenvalue weighted by Gasteiger charge is -2.47. The van der Waals surface area contributed by atoms with E-state index in [0.717, 1.165) is 13.1 Å². The average Bonchev–Trinajstić information content (AvgIpc) is 2.22. The van der Waals surface area contributed by atoms with Crippen molar-refractivity contribution in [3.05, 3.63) is 30.3 Å². The first-order chi connectivity index (χ1) is 8.29. The number of benzene rings is 1. The van der Waals surface area contributed by atoms with Crippen LogP contribution in [0.2, 0.25) is 0 Å². The Bertz CT molecular complexity index is 500. The molecule has 0 unspecified atom stereocenters. The summed E-state index contributed by atoms with van der Waals surface area (Å²) >= 11 is 0. The van der Waals surface area contributed by atoms with Crippen LogP contribution in [0, 0.1) is 0 Å². The molecule has 0 atom stereocenters. The molecule has 5 heteroatoms. The zero-order chi connectivity index (χ0) is 13.4. The fourth-order valence-electron chi connectivity index (χ4n) is 1.99. The molecule has 1 saturated heterocycles. The first-order valence-electron chi connectivity index (χ1n) is 6.11. The van der Waals surface area contributed by atoms with Crippen molar-refractivity contribution >= 4 is 10.0 Å². The highest BCUT2D eigenvalue weighted by atomic mass is 32.2. The highest BCUT2D eigenvalue weighted by molar-refractivity contribution is 7.89. The maximum Gasteiger partial charge on any atom is 0.240 e. The largest absolute Gasteiger partial charge is 0.295 e. The second-order valence-electron chi connectivity index (χ2n) is 5.71. The fraction of sp³-hybridized carbons (Fsp3) is 0.538. The molecule has 18 heavy (non-hydrogen) atoms. The standard InChI is InChI=1S/C13H20N2O2S/c1-13(2,3)15-9-11(10-15)14-18(16,17)12-7-5-4-6-8-12/h4-8,11,14H,9-10H2,1-3H3. The first kappa shape index (κ1) is 13.5. The van der Waals surface area contributed by atoms with E-state index in [9.17, 15) is 8.42 Å². The van der Waals surface area contributed by atoms with Gasteiger partial charge in [0.1, 0.15) is 0 Å². The van der Waals surface area contributed by atoms with Gasteiger partial charge in [0.15, 0.2) is 0 Å². The third kappa shape index (κ3) is 2.91. The van der Waals surface area contributed by atoms with Crippen LogP contribution in [-0.4, -0.2) is 38.0 Å². The lowest BCUT2D eigenvalue weighted by atomic mass is 9.98. The molecule has 1 aliphatic heterocycles. The topological polar surface area (TPSA) is 49.4 Å². The first-order valence-corrected chi connectivity index (χ1v) is 7.60. The van der Waals surface area contributed by atoms with E-state index in [1.807, 2.05) is 6.07 Å². The van der Waals surface area contributed by atoms with Gasteiger partial charge in [-0.25, -0.2) is 13.1 Å². The highest BCUT2D eigenvalue weighted by Gasteiger charge is 2.36. The van der Waals surface area contributed by atoms with Gasteiger partial charge in [-0.15, -0.1) is 0 Å². The molecule has 0 radical (unpaired) electrons. The van der Waals surface area contributed by atoms with E-state index in [2.05, 4.69) is 30.4 Å². The van der Waals surface area contributed by atoms with Gasteiger partial charge in [-0.3, -0.25) is 4.90 Å². The van der Waals surface area contributed by atoms with Gasteiger partial charge in [0.05, 0.1) is 4.90 Å². The lowest BCUT2D eigenvalue weighted by molar-refractivity contribution is 0.0436. The Balaban J connectivity index is 1.97. The number of nitrogens with zero attached hydrogens (tertiary/aromatic N) is 1. The van der Waals surface area contributed by atoms with Crippen LogP contribution >= 0.6 is 0 Å². The predicted octanol–water partition coefficient (Wildman–Crippen LogP) is 1.45. The molecule has 0 aromatic heterocycles. The Labute approximate surface area is 109 Å². The fourth-order valence-corrected chi connectivity index (χ4v) is 3.23. The summed E-state index contributed by atoms with van der Waals surface area (Å²) in [6.45, 7) is 7.95. The van der Waals surface area contributed by atoms with Crippen molar-refractivity contribution in [3.8, 4) is 0 Å². The van der Waals surface area contributed by atoms with E-state index in [-0.39, 0.29) is 11.6 Å². The van der Waals surface area contributed by atoms with Gasteiger partial charge in [0.2, 0.25) is 10.0 Å². The summed E-state index contributed by atoms with van der Waals surface area (Å²) < 4.78 is 26.9. The molecular formula is C13H20N2O2S. The van der Waals surface area contributed by atoms with Crippen molar-refractivity contribution in [2.24, 2.45) is 0 Å². The van der Waals surface area contributed by atoms with Gasteiger partial charge >= 0.3 is 0 Å². The van der Waals surface area contributed by atoms with Crippen LogP contribution < -0.4 is 4.72 Å². The third-order valence-electron chi connectivity index (χ3n) is 3.21. The Morgan fingerprint density at radius 2 is 1.72 bits per heavy atom. The summed E-state index contributed by atoms with van der Waals surface area (Å²) in [5.41, 5.74) is 0.106. The van der Waals surface area contributed by atoms with Crippen LogP contribution in [0.5, 0.6) is 0 Å². The van der Waals surface area contributed by atoms with Crippen LogP contribution in [0.15, 0.2) is 35.2 Å². The van der Waals surface area contributed by atoms with Crippen LogP contribution in [-0.2, 0) is 10.0 Å². The summed E-state index contributed by atoms with van der Waals surface area (Å²) in [5.74, 6) is 0. The van der Waals surface area contributed by atoms with E-state index < -0.39 is 10.0 Å². The summed E-state index contributed by atoms with van der Waals surface area (Å²) in [7, 11) is -3.37. The quantitative estimate of drug-likeness (QED) is 0.902. The molecule has 1 aromatic carbocycles. The second-order valence-corrected chi connectivity index (χ2v) is 7.42. The number of sulfonamides is 1. The third-order valence-corrected chi connectivity index (χ3v) is 4.74. The molecule has 1 N–H and O–H groups in total. The van der Waals surface area contributed by atoms with Gasteiger partial charge in [0.25, 0.3) is 0 Å². The van der Waals surface area contributed by atoms with E-state index in [4.69, 9.17) is 0 Å². The SMILES string of the molecule is CC(C)(C)N1CC(NS(=O)(=O)c2ccccc2)C1. The zero-order valence-corrected chi connectivity index (χ0v) is 11.9. The highest BCUT2D eigenvalue weighted by Crippen LogP contribution is 2.22. The minimum absolute atomic E-state index is 0.0226. The van der Waals surface area contributed by atoms with Crippen LogP contribution in [0.4, 0.5) is 0 Å². The Morgan fingerprint density at radius 1 is 1.17 bits per heavy atom. The summed E-state index contributed by atoms with van der Waals surface area (Å²) in [6, 6.07) is 8.52. The smallest absolute Gasteiger partial charge is 0.240 e. The van der Waals surface area contributed by atoms with Crippen molar-refractivity contribution in [1.29, 1.82) is 0 Å². The van der Waals surface area contributed by atoms with Gasteiger partial charge in [0, 0.05) is 24.7 Å². The van der Waals surface area contributed by atoms with Crippen molar-refractivity contribution in [2.45, 2.75) is 37.2 Å². The van der Waals surface area contributed by atoms with Crippen molar-refractivity contribution < 1.29 is 8.42 Å². The van der Waals surface area contributed by atoms with E-state index in [0.29, 0.717) is 4.90 Å². The number of nitrogens with one attached hydrogen (secondary N) is 1. The molecule has 1 fully saturated rings. The Morgan fingerprint density at radius 3 is 2.22 bits per heavy atom. The maximum absolute atomic E-state index is 12.1. The molecule has 0 amide bonds. The summed E-state index contributed by atoms with van der Waals surface area (Å²) in [5, 5.41) is 0. The predicted molar refractivity (Wildman–Crippen MR) is 71.9 cm³/mol. The van der Waals surface area contributed by atoms with E-state index in [1.54, 1.807) is 24.3 Å². The Hall–Kier alpha value is -0.910. The molecule has 2 rings (SSSR count). The number of rotatable bonds is 3. The van der Waals surface area contributed by atoms with Gasteiger partial charge < -0.3 is 0 Å². The van der Waals surface area contributed by atoms with Crippen molar-refractivity contribution in [2.75, 3.05) is 13.1 Å². The molecule has 0 aliphatic carbocycles. The molecule has 0 bridgehead atoms. The number of likely N-dealkylation sites (tertiary alicyclic amines) is 1. The number of hydrogen-bond donors (Lipinski definition) is 1. The van der Waals surface area contributed by atoms with Gasteiger partial charge in [-0.1, -0.05) is 18.2 Å². The molecule has 100 valence electrons. The normalized spacial score (nSPS) is 18.6. The minimum Gasteiger partial charge on any atom is -0.295 e. The van der Waals surface area contributed by atoms with E-state index >= 15 is 0 Å². The summed E-state index contributed by atoms with van der Waals surface area (Å²) in [4.78, 5) is 2.59. The molecule has 1 aromatic rings. The maximum atomic E-state index is 12.1. The van der Waals surface area contributed by atoms with Gasteiger partial charge in [-0.2, -0.15) is 0 Å². The molecule has 0 spiro atoms. The molecule has 1 heterocycles.